The van der Waals surface area contributed by atoms with Gasteiger partial charge >= 0.3 is 5.69 Å². The van der Waals surface area contributed by atoms with Crippen molar-refractivity contribution in [1.29, 1.82) is 0 Å². The standard InChI is InChI=1S/C23H28N6O2/c1-4-13-28-21(30)19-20(26(3)23(28)31)25-22(27-14-8-11-24-12-15-27)29(19)16-18-10-7-6-9-17(18)5-2/h2,6-7,9-10,24H,4,8,11-16H2,1,3H3. The van der Waals surface area contributed by atoms with E-state index < -0.39 is 0 Å². The third kappa shape index (κ3) is 3.77. The Morgan fingerprint density at radius 1 is 1.16 bits per heavy atom. The molecule has 0 spiro atoms. The molecule has 8 heteroatoms. The maximum atomic E-state index is 13.4. The molecule has 1 N–H and O–H groups in total. The first-order chi connectivity index (χ1) is 15.1. The fraction of sp³-hybridized carbons (Fsp3) is 0.435. The average molecular weight is 421 g/mol. The number of nitrogens with zero attached hydrogens (tertiary/aromatic N) is 5. The Labute approximate surface area is 181 Å². The van der Waals surface area contributed by atoms with Crippen molar-refractivity contribution in [2.75, 3.05) is 31.1 Å². The van der Waals surface area contributed by atoms with Crippen molar-refractivity contribution in [2.24, 2.45) is 7.05 Å². The highest BCUT2D eigenvalue weighted by atomic mass is 16.2. The summed E-state index contributed by atoms with van der Waals surface area (Å²) in [5.41, 5.74) is 1.93. The molecular formula is C23H28N6O2. The van der Waals surface area contributed by atoms with Gasteiger partial charge in [-0.05, 0) is 31.0 Å². The van der Waals surface area contributed by atoms with Crippen molar-refractivity contribution in [3.05, 3.63) is 56.2 Å². The summed E-state index contributed by atoms with van der Waals surface area (Å²) in [6.07, 6.45) is 7.40. The van der Waals surface area contributed by atoms with E-state index in [0.717, 1.165) is 43.7 Å². The zero-order valence-electron chi connectivity index (χ0n) is 18.1. The number of anilines is 1. The molecule has 1 saturated heterocycles. The van der Waals surface area contributed by atoms with Crippen LogP contribution in [0.5, 0.6) is 0 Å². The molecule has 3 aromatic rings. The lowest BCUT2D eigenvalue weighted by Crippen LogP contribution is -2.39. The average Bonchev–Trinajstić information content (AvgIpc) is 2.96. The molecule has 0 saturated carbocycles. The van der Waals surface area contributed by atoms with Crippen molar-refractivity contribution < 1.29 is 0 Å². The Morgan fingerprint density at radius 3 is 2.74 bits per heavy atom. The number of imidazole rings is 1. The second-order valence-corrected chi connectivity index (χ2v) is 7.86. The smallest absolute Gasteiger partial charge is 0.332 e. The van der Waals surface area contributed by atoms with Gasteiger partial charge in [0.1, 0.15) is 0 Å². The second kappa shape index (κ2) is 8.82. The Morgan fingerprint density at radius 2 is 1.97 bits per heavy atom. The summed E-state index contributed by atoms with van der Waals surface area (Å²) >= 11 is 0. The van der Waals surface area contributed by atoms with Gasteiger partial charge in [-0.15, -0.1) is 6.42 Å². The molecule has 2 aromatic heterocycles. The number of fused-ring (bicyclic) bond motifs is 1. The summed E-state index contributed by atoms with van der Waals surface area (Å²) in [5, 5.41) is 3.40. The highest BCUT2D eigenvalue weighted by Crippen LogP contribution is 2.23. The molecule has 3 heterocycles. The molecule has 8 nitrogen and oxygen atoms in total. The largest absolute Gasteiger partial charge is 0.341 e. The third-order valence-electron chi connectivity index (χ3n) is 5.78. The molecule has 0 atom stereocenters. The van der Waals surface area contributed by atoms with E-state index in [1.807, 2.05) is 35.8 Å². The van der Waals surface area contributed by atoms with Crippen molar-refractivity contribution in [2.45, 2.75) is 32.9 Å². The quantitative estimate of drug-likeness (QED) is 0.627. The van der Waals surface area contributed by atoms with Crippen molar-refractivity contribution in [3.8, 4) is 12.3 Å². The zero-order chi connectivity index (χ0) is 22.0. The first kappa shape index (κ1) is 20.9. The molecule has 162 valence electrons. The van der Waals surface area contributed by atoms with Crippen LogP contribution in [0.25, 0.3) is 11.2 Å². The Kier molecular flexibility index (Phi) is 5.96. The minimum absolute atomic E-state index is 0.301. The molecule has 31 heavy (non-hydrogen) atoms. The van der Waals surface area contributed by atoms with Gasteiger partial charge in [-0.1, -0.05) is 31.0 Å². The molecular weight excluding hydrogens is 392 g/mol. The monoisotopic (exact) mass is 420 g/mol. The van der Waals surface area contributed by atoms with Crippen LogP contribution in [-0.2, 0) is 20.1 Å². The summed E-state index contributed by atoms with van der Waals surface area (Å²) in [5.74, 6) is 3.44. The van der Waals surface area contributed by atoms with Crippen LogP contribution >= 0.6 is 0 Å². The molecule has 1 fully saturated rings. The summed E-state index contributed by atoms with van der Waals surface area (Å²) in [7, 11) is 1.68. The maximum Gasteiger partial charge on any atom is 0.332 e. The highest BCUT2D eigenvalue weighted by molar-refractivity contribution is 5.75. The molecule has 0 amide bonds. The number of nitrogens with one attached hydrogen (secondary N) is 1. The number of benzene rings is 1. The number of aromatic nitrogens is 4. The zero-order valence-corrected chi connectivity index (χ0v) is 18.1. The van der Waals surface area contributed by atoms with E-state index in [4.69, 9.17) is 11.4 Å². The molecule has 0 bridgehead atoms. The van der Waals surface area contributed by atoms with Crippen LogP contribution in [0.1, 0.15) is 30.9 Å². The van der Waals surface area contributed by atoms with Crippen LogP contribution in [0.15, 0.2) is 33.9 Å². The normalized spacial score (nSPS) is 14.5. The van der Waals surface area contributed by atoms with Crippen molar-refractivity contribution in [3.63, 3.8) is 0 Å². The molecule has 1 aliphatic rings. The first-order valence-corrected chi connectivity index (χ1v) is 10.8. The Bertz CT molecular complexity index is 1250. The van der Waals surface area contributed by atoms with Gasteiger partial charge in [0.25, 0.3) is 5.56 Å². The first-order valence-electron chi connectivity index (χ1n) is 10.8. The number of hydrogen-bond donors (Lipinski definition) is 1. The molecule has 1 aliphatic heterocycles. The lowest BCUT2D eigenvalue weighted by molar-refractivity contribution is 0.590. The molecule has 1 aromatic carbocycles. The predicted octanol–water partition coefficient (Wildman–Crippen LogP) is 1.14. The van der Waals surface area contributed by atoms with Gasteiger partial charge in [0, 0.05) is 38.8 Å². The van der Waals surface area contributed by atoms with Crippen molar-refractivity contribution >= 4 is 17.1 Å². The predicted molar refractivity (Wildman–Crippen MR) is 123 cm³/mol. The van der Waals surface area contributed by atoms with E-state index in [2.05, 4.69) is 16.1 Å². The van der Waals surface area contributed by atoms with E-state index in [0.29, 0.717) is 36.6 Å². The fourth-order valence-electron chi connectivity index (χ4n) is 4.19. The van der Waals surface area contributed by atoms with Crippen LogP contribution in [0, 0.1) is 12.3 Å². The Hall–Kier alpha value is -3.31. The fourth-order valence-corrected chi connectivity index (χ4v) is 4.19. The van der Waals surface area contributed by atoms with Gasteiger partial charge in [0.2, 0.25) is 5.95 Å². The van der Waals surface area contributed by atoms with Crippen LogP contribution in [0.4, 0.5) is 5.95 Å². The molecule has 0 aliphatic carbocycles. The van der Waals surface area contributed by atoms with Gasteiger partial charge < -0.3 is 10.2 Å². The number of terminal acetylenes is 1. The summed E-state index contributed by atoms with van der Waals surface area (Å²) in [6, 6.07) is 7.72. The van der Waals surface area contributed by atoms with Gasteiger partial charge in [-0.2, -0.15) is 4.98 Å². The van der Waals surface area contributed by atoms with E-state index >= 15 is 0 Å². The molecule has 0 unspecified atom stereocenters. The summed E-state index contributed by atoms with van der Waals surface area (Å²) in [4.78, 5) is 33.3. The highest BCUT2D eigenvalue weighted by Gasteiger charge is 2.24. The van der Waals surface area contributed by atoms with Gasteiger partial charge in [0.15, 0.2) is 11.2 Å². The van der Waals surface area contributed by atoms with Gasteiger partial charge in [0.05, 0.1) is 6.54 Å². The van der Waals surface area contributed by atoms with E-state index in [1.54, 1.807) is 7.05 Å². The van der Waals surface area contributed by atoms with Crippen LogP contribution in [0.2, 0.25) is 0 Å². The third-order valence-corrected chi connectivity index (χ3v) is 5.78. The minimum atomic E-state index is -0.336. The second-order valence-electron chi connectivity index (χ2n) is 7.86. The summed E-state index contributed by atoms with van der Waals surface area (Å²) in [6.45, 7) is 6.11. The number of rotatable bonds is 5. The van der Waals surface area contributed by atoms with E-state index in [-0.39, 0.29) is 11.2 Å². The molecule has 0 radical (unpaired) electrons. The minimum Gasteiger partial charge on any atom is -0.341 e. The lowest BCUT2D eigenvalue weighted by atomic mass is 10.1. The van der Waals surface area contributed by atoms with E-state index in [9.17, 15) is 9.59 Å². The van der Waals surface area contributed by atoms with Crippen LogP contribution in [-0.4, -0.2) is 44.9 Å². The topological polar surface area (TPSA) is 77.1 Å². The number of aryl methyl sites for hydroxylation is 1. The van der Waals surface area contributed by atoms with E-state index in [1.165, 1.54) is 9.13 Å². The van der Waals surface area contributed by atoms with Crippen molar-refractivity contribution in [1.82, 2.24) is 24.0 Å². The number of hydrogen-bond acceptors (Lipinski definition) is 5. The lowest BCUT2D eigenvalue weighted by Gasteiger charge is -2.22. The summed E-state index contributed by atoms with van der Waals surface area (Å²) < 4.78 is 4.72. The van der Waals surface area contributed by atoms with Crippen LogP contribution < -0.4 is 21.5 Å². The van der Waals surface area contributed by atoms with Gasteiger partial charge in [-0.3, -0.25) is 18.5 Å². The maximum absolute atomic E-state index is 13.4. The SMILES string of the molecule is C#Cc1ccccc1Cn1c(N2CCCNCC2)nc2c1c(=O)n(CCC)c(=O)n2C. The Balaban J connectivity index is 1.99. The molecule has 4 rings (SSSR count). The van der Waals surface area contributed by atoms with Gasteiger partial charge in [-0.25, -0.2) is 4.79 Å². The van der Waals surface area contributed by atoms with Crippen LogP contribution in [0.3, 0.4) is 0 Å².